The number of amides is 2. The summed E-state index contributed by atoms with van der Waals surface area (Å²) in [5.41, 5.74) is 7.47. The summed E-state index contributed by atoms with van der Waals surface area (Å²) in [7, 11) is 0. The van der Waals surface area contributed by atoms with Crippen molar-refractivity contribution >= 4 is 40.7 Å². The molecule has 1 aromatic heterocycles. The Bertz CT molecular complexity index is 505. The third-order valence-corrected chi connectivity index (χ3v) is 4.27. The number of rotatable bonds is 5. The van der Waals surface area contributed by atoms with Crippen LogP contribution in [0.3, 0.4) is 0 Å². The fraction of sp³-hybridized carbons (Fsp3) is 0.692. The molecule has 0 saturated carbocycles. The number of halogens is 1. The summed E-state index contributed by atoms with van der Waals surface area (Å²) in [6, 6.07) is -0.452. The Kier molecular flexibility index (Phi) is 7.83. The van der Waals surface area contributed by atoms with Crippen molar-refractivity contribution in [3.63, 3.8) is 0 Å². The molecule has 0 unspecified atom stereocenters. The lowest BCUT2D eigenvalue weighted by Gasteiger charge is -2.36. The highest BCUT2D eigenvalue weighted by Crippen LogP contribution is 2.10. The summed E-state index contributed by atoms with van der Waals surface area (Å²) in [6.45, 7) is 6.71. The average Bonchev–Trinajstić information content (AvgIpc) is 2.99. The standard InChI is InChI=1S/C13H22N6O2S.ClH/c1-9(2)11(14)12(21)19-5-3-18(4-6-19)7-10(20)16-13-17-15-8-22-13;/h8-9,11H,3-7,14H2,1-2H3,(H,16,17,20);1H/t11-;/m0./s1. The van der Waals surface area contributed by atoms with E-state index in [-0.39, 0.29) is 36.7 Å². The van der Waals surface area contributed by atoms with Crippen LogP contribution in [0.4, 0.5) is 5.13 Å². The van der Waals surface area contributed by atoms with Crippen LogP contribution < -0.4 is 11.1 Å². The number of carbonyl (C=O) groups is 2. The first-order valence-electron chi connectivity index (χ1n) is 7.30. The number of nitrogens with one attached hydrogen (secondary N) is 1. The van der Waals surface area contributed by atoms with E-state index in [1.807, 2.05) is 18.7 Å². The van der Waals surface area contributed by atoms with Crippen LogP contribution in [0.15, 0.2) is 5.51 Å². The molecule has 8 nitrogen and oxygen atoms in total. The van der Waals surface area contributed by atoms with Gasteiger partial charge in [-0.25, -0.2) is 0 Å². The van der Waals surface area contributed by atoms with Crippen molar-refractivity contribution in [1.29, 1.82) is 0 Å². The Balaban J connectivity index is 0.00000264. The summed E-state index contributed by atoms with van der Waals surface area (Å²) in [5.74, 6) is 0.00609. The number of piperazine rings is 1. The van der Waals surface area contributed by atoms with Crippen molar-refractivity contribution in [3.8, 4) is 0 Å². The van der Waals surface area contributed by atoms with Crippen molar-refractivity contribution in [2.75, 3.05) is 38.0 Å². The Morgan fingerprint density at radius 2 is 2.00 bits per heavy atom. The van der Waals surface area contributed by atoms with Gasteiger partial charge in [0.1, 0.15) is 5.51 Å². The molecule has 0 bridgehead atoms. The minimum atomic E-state index is -0.452. The first-order chi connectivity index (χ1) is 10.5. The molecular weight excluding hydrogens is 340 g/mol. The van der Waals surface area contributed by atoms with Crippen molar-refractivity contribution in [2.24, 2.45) is 11.7 Å². The van der Waals surface area contributed by atoms with E-state index in [1.165, 1.54) is 11.3 Å². The van der Waals surface area contributed by atoms with Crippen molar-refractivity contribution < 1.29 is 9.59 Å². The zero-order valence-corrected chi connectivity index (χ0v) is 14.9. The summed E-state index contributed by atoms with van der Waals surface area (Å²) < 4.78 is 0. The molecule has 23 heavy (non-hydrogen) atoms. The maximum atomic E-state index is 12.2. The zero-order valence-electron chi connectivity index (χ0n) is 13.3. The molecule has 0 aliphatic carbocycles. The highest BCUT2D eigenvalue weighted by atomic mass is 35.5. The first kappa shape index (κ1) is 19.8. The molecule has 1 aromatic rings. The fourth-order valence-electron chi connectivity index (χ4n) is 2.21. The van der Waals surface area contributed by atoms with Crippen molar-refractivity contribution in [3.05, 3.63) is 5.51 Å². The Morgan fingerprint density at radius 1 is 1.35 bits per heavy atom. The normalized spacial score (nSPS) is 16.8. The van der Waals surface area contributed by atoms with Gasteiger partial charge in [0.2, 0.25) is 16.9 Å². The van der Waals surface area contributed by atoms with Gasteiger partial charge in [-0.1, -0.05) is 25.2 Å². The Hall–Kier alpha value is -1.29. The molecule has 2 rings (SSSR count). The average molecular weight is 363 g/mol. The maximum absolute atomic E-state index is 12.2. The number of nitrogens with two attached hydrogens (primary N) is 1. The van der Waals surface area contributed by atoms with E-state index in [0.717, 1.165) is 0 Å². The van der Waals surface area contributed by atoms with Crippen LogP contribution >= 0.6 is 23.7 Å². The molecular formula is C13H23ClN6O2S. The highest BCUT2D eigenvalue weighted by molar-refractivity contribution is 7.13. The topological polar surface area (TPSA) is 104 Å². The van der Waals surface area contributed by atoms with E-state index in [4.69, 9.17) is 5.73 Å². The van der Waals surface area contributed by atoms with E-state index in [2.05, 4.69) is 15.5 Å². The van der Waals surface area contributed by atoms with Gasteiger partial charge in [0.15, 0.2) is 0 Å². The second kappa shape index (κ2) is 9.11. The van der Waals surface area contributed by atoms with Crippen LogP contribution in [-0.4, -0.2) is 70.6 Å². The molecule has 130 valence electrons. The highest BCUT2D eigenvalue weighted by Gasteiger charge is 2.27. The van der Waals surface area contributed by atoms with Crippen LogP contribution in [0.1, 0.15) is 13.8 Å². The molecule has 1 aliphatic heterocycles. The molecule has 1 saturated heterocycles. The van der Waals surface area contributed by atoms with Crippen LogP contribution in [0.2, 0.25) is 0 Å². The second-order valence-corrected chi connectivity index (χ2v) is 6.50. The lowest BCUT2D eigenvalue weighted by molar-refractivity contribution is -0.135. The van der Waals surface area contributed by atoms with Gasteiger partial charge < -0.3 is 10.6 Å². The van der Waals surface area contributed by atoms with E-state index in [9.17, 15) is 9.59 Å². The van der Waals surface area contributed by atoms with Gasteiger partial charge in [0.05, 0.1) is 12.6 Å². The minimum absolute atomic E-state index is 0. The molecule has 1 aliphatic rings. The quantitative estimate of drug-likeness (QED) is 0.765. The number of nitrogens with zero attached hydrogens (tertiary/aromatic N) is 4. The summed E-state index contributed by atoms with van der Waals surface area (Å²) in [6.07, 6.45) is 0. The van der Waals surface area contributed by atoms with Crippen LogP contribution in [0.5, 0.6) is 0 Å². The molecule has 0 aromatic carbocycles. The van der Waals surface area contributed by atoms with E-state index in [0.29, 0.717) is 31.3 Å². The van der Waals surface area contributed by atoms with E-state index < -0.39 is 6.04 Å². The van der Waals surface area contributed by atoms with Crippen LogP contribution in [-0.2, 0) is 9.59 Å². The summed E-state index contributed by atoms with van der Waals surface area (Å²) >= 11 is 1.28. The zero-order chi connectivity index (χ0) is 16.1. The number of hydrogen-bond donors (Lipinski definition) is 2. The second-order valence-electron chi connectivity index (χ2n) is 5.66. The number of carbonyl (C=O) groups excluding carboxylic acids is 2. The van der Waals surface area contributed by atoms with Gasteiger partial charge in [0.25, 0.3) is 0 Å². The SMILES string of the molecule is CC(C)[C@H](N)C(=O)N1CCN(CC(=O)Nc2nncs2)CC1.Cl. The first-order valence-corrected chi connectivity index (χ1v) is 8.18. The summed E-state index contributed by atoms with van der Waals surface area (Å²) in [4.78, 5) is 27.8. The van der Waals surface area contributed by atoms with Crippen molar-refractivity contribution in [1.82, 2.24) is 20.0 Å². The molecule has 0 radical (unpaired) electrons. The van der Waals surface area contributed by atoms with Gasteiger partial charge in [0, 0.05) is 26.2 Å². The molecule has 3 N–H and O–H groups in total. The predicted molar refractivity (Wildman–Crippen MR) is 91.6 cm³/mol. The molecule has 1 atom stereocenters. The van der Waals surface area contributed by atoms with Crippen LogP contribution in [0, 0.1) is 5.92 Å². The number of anilines is 1. The van der Waals surface area contributed by atoms with E-state index in [1.54, 1.807) is 10.4 Å². The Morgan fingerprint density at radius 3 is 2.52 bits per heavy atom. The van der Waals surface area contributed by atoms with Gasteiger partial charge >= 0.3 is 0 Å². The van der Waals surface area contributed by atoms with Gasteiger partial charge in [-0.3, -0.25) is 19.8 Å². The van der Waals surface area contributed by atoms with Gasteiger partial charge in [-0.15, -0.1) is 22.6 Å². The fourth-order valence-corrected chi connectivity index (χ4v) is 2.67. The molecule has 2 heterocycles. The minimum Gasteiger partial charge on any atom is -0.339 e. The molecule has 2 amide bonds. The van der Waals surface area contributed by atoms with E-state index >= 15 is 0 Å². The largest absolute Gasteiger partial charge is 0.339 e. The lowest BCUT2D eigenvalue weighted by atomic mass is 10.0. The van der Waals surface area contributed by atoms with Crippen LogP contribution in [0.25, 0.3) is 0 Å². The third kappa shape index (κ3) is 5.69. The molecule has 10 heteroatoms. The predicted octanol–water partition coefficient (Wildman–Crippen LogP) is 0.0259. The van der Waals surface area contributed by atoms with Gasteiger partial charge in [-0.05, 0) is 5.92 Å². The van der Waals surface area contributed by atoms with Gasteiger partial charge in [-0.2, -0.15) is 0 Å². The molecule has 0 spiro atoms. The summed E-state index contributed by atoms with van der Waals surface area (Å²) in [5, 5.41) is 10.6. The lowest BCUT2D eigenvalue weighted by Crippen LogP contribution is -2.55. The number of hydrogen-bond acceptors (Lipinski definition) is 7. The smallest absolute Gasteiger partial charge is 0.240 e. The third-order valence-electron chi connectivity index (χ3n) is 3.66. The molecule has 1 fully saturated rings. The maximum Gasteiger partial charge on any atom is 0.240 e. The van der Waals surface area contributed by atoms with Crippen molar-refractivity contribution in [2.45, 2.75) is 19.9 Å². The number of aromatic nitrogens is 2. The Labute approximate surface area is 145 Å². The monoisotopic (exact) mass is 362 g/mol.